The molecule has 0 atom stereocenters. The second-order valence-electron chi connectivity index (χ2n) is 23.0. The van der Waals surface area contributed by atoms with Crippen molar-refractivity contribution in [2.75, 3.05) is 14.7 Å². The van der Waals surface area contributed by atoms with Crippen LogP contribution in [-0.2, 0) is 27.1 Å². The average Bonchev–Trinajstić information content (AvgIpc) is 1.69. The van der Waals surface area contributed by atoms with E-state index >= 15 is 0 Å². The summed E-state index contributed by atoms with van der Waals surface area (Å²) in [6.45, 7) is 23.7. The smallest absolute Gasteiger partial charge is 0.264 e. The summed E-state index contributed by atoms with van der Waals surface area (Å²) in [5.41, 5.74) is -1.86. The predicted octanol–water partition coefficient (Wildman–Crippen LogP) is 16.7. The quantitative estimate of drug-likeness (QED) is 0.159. The van der Waals surface area contributed by atoms with Crippen LogP contribution in [0, 0.1) is 0 Å². The molecule has 2 aliphatic heterocycles. The van der Waals surface area contributed by atoms with E-state index in [1.165, 1.54) is 11.0 Å². The lowest BCUT2D eigenvalue weighted by atomic mass is 9.36. The average molecular weight is 942 g/mol. The maximum Gasteiger partial charge on any atom is 0.264 e. The number of fused-ring (bicyclic) bond motifs is 7. The van der Waals surface area contributed by atoms with Crippen LogP contribution in [0.5, 0.6) is 0 Å². The minimum atomic E-state index is -1.22. The zero-order valence-electron chi connectivity index (χ0n) is 61.6. The van der Waals surface area contributed by atoms with Gasteiger partial charge in [-0.15, -0.1) is 11.3 Å². The SMILES string of the molecule is [2H]c1c([2H])c([2H])c(N(c2cc3c4c(c2)N(c2ccc5c(c2)C(C)(C)CCC5(C)C)c2c(sc5c([2H])c([2H])c(C(C)(C)C)c([2H])c25)B4c2c([2H])c(C(C)(C)C)c([2H])c([2H])c2N3c2c([2H])c([2H])c(C(C)(C)C)c([2H])c2[2H])c2c([2H])c([2H])c([2H])c([2H])c2[2H])c([2H])c1[2H]. The van der Waals surface area contributed by atoms with Gasteiger partial charge in [0.25, 0.3) is 6.71 Å². The molecular weight excluding hydrogens is 854 g/mol. The third-order valence-electron chi connectivity index (χ3n) is 14.0. The number of thiophene rings is 1. The molecule has 7 aromatic carbocycles. The molecule has 69 heavy (non-hydrogen) atoms. The van der Waals surface area contributed by atoms with Crippen LogP contribution in [-0.4, -0.2) is 6.71 Å². The molecule has 3 aliphatic rings. The first-order chi connectivity index (χ1) is 40.9. The van der Waals surface area contributed by atoms with Crippen molar-refractivity contribution in [3.05, 3.63) is 179 Å². The van der Waals surface area contributed by atoms with E-state index in [0.29, 0.717) is 16.2 Å². The predicted molar refractivity (Wildman–Crippen MR) is 302 cm³/mol. The molecule has 3 nitrogen and oxygen atoms in total. The Labute approximate surface area is 445 Å². The minimum Gasteiger partial charge on any atom is -0.311 e. The van der Waals surface area contributed by atoms with Crippen molar-refractivity contribution in [3.8, 4) is 0 Å². The van der Waals surface area contributed by atoms with E-state index in [9.17, 15) is 19.2 Å². The lowest BCUT2D eigenvalue weighted by Crippen LogP contribution is -2.60. The van der Waals surface area contributed by atoms with Crippen LogP contribution < -0.4 is 30.4 Å². The molecule has 0 unspecified atom stereocenters. The van der Waals surface area contributed by atoms with E-state index in [-0.39, 0.29) is 90.0 Å². The molecule has 0 bridgehead atoms. The van der Waals surface area contributed by atoms with E-state index in [4.69, 9.17) is 8.22 Å². The van der Waals surface area contributed by atoms with Gasteiger partial charge in [-0.1, -0.05) is 163 Å². The molecule has 1 aliphatic carbocycles. The zero-order valence-corrected chi connectivity index (χ0v) is 42.4. The molecule has 0 fully saturated rings. The van der Waals surface area contributed by atoms with Gasteiger partial charge in [-0.25, -0.2) is 0 Å². The van der Waals surface area contributed by atoms with Gasteiger partial charge in [0, 0.05) is 54.7 Å². The Hall–Kier alpha value is -6.04. The van der Waals surface area contributed by atoms with Crippen LogP contribution in [0.4, 0.5) is 51.2 Å². The molecule has 1 aromatic heterocycles. The highest BCUT2D eigenvalue weighted by molar-refractivity contribution is 7.33. The normalized spacial score (nSPS) is 20.0. The van der Waals surface area contributed by atoms with Gasteiger partial charge < -0.3 is 14.7 Å². The number of hydrogen-bond donors (Lipinski definition) is 0. The van der Waals surface area contributed by atoms with Crippen LogP contribution in [0.3, 0.4) is 0 Å². The molecular formula is C64H68BN3S. The molecule has 3 heterocycles. The Kier molecular flexibility index (Phi) is 6.38. The van der Waals surface area contributed by atoms with Crippen LogP contribution in [0.25, 0.3) is 10.1 Å². The number of benzene rings is 7. The van der Waals surface area contributed by atoms with Crippen molar-refractivity contribution in [1.82, 2.24) is 0 Å². The molecule has 0 N–H and O–H groups in total. The van der Waals surface area contributed by atoms with Gasteiger partial charge in [0.05, 0.1) is 38.8 Å². The molecule has 348 valence electrons. The number of anilines is 9. The van der Waals surface area contributed by atoms with Crippen molar-refractivity contribution < 1.29 is 27.4 Å². The first-order valence-electron chi connectivity index (χ1n) is 33.6. The van der Waals surface area contributed by atoms with Gasteiger partial charge in [0.1, 0.15) is 0 Å². The standard InChI is InChI=1S/C64H68BN3S/c1-60(2,3)41-24-28-46(29-25-41)67-53-32-26-43(62(7,8)9)37-52(53)65-57-54(67)39-48(66(44-20-16-14-17-21-44)45-22-18-15-19-23-45)40-55(57)68(47-30-31-50-51(38-47)64(12,13)35-34-63(50,10)11)58-49-36-42(61(4,5)6)27-33-56(49)69-59(58)65/h14-33,36-40H,34-35H2,1-13H3/i14D,15D,16D,17D,18D,19D,20D,21D,22D,23D,24D,25D,26D,27D,28D,29D,32D,33D,36D,37D. The fourth-order valence-electron chi connectivity index (χ4n) is 10.0. The van der Waals surface area contributed by atoms with Gasteiger partial charge in [-0.05, 0) is 157 Å². The van der Waals surface area contributed by atoms with E-state index in [1.807, 2.05) is 52.5 Å². The lowest BCUT2D eigenvalue weighted by Gasteiger charge is -2.45. The van der Waals surface area contributed by atoms with E-state index in [0.717, 1.165) is 40.2 Å². The first kappa shape index (κ1) is 28.0. The monoisotopic (exact) mass is 942 g/mol. The summed E-state index contributed by atoms with van der Waals surface area (Å²) in [6, 6.07) is -2.74. The highest BCUT2D eigenvalue weighted by Gasteiger charge is 2.47. The Morgan fingerprint density at radius 1 is 0.536 bits per heavy atom. The second kappa shape index (κ2) is 15.7. The fourth-order valence-corrected chi connectivity index (χ4v) is 11.2. The molecule has 0 saturated carbocycles. The molecule has 0 spiro atoms. The molecule has 8 aromatic rings. The summed E-state index contributed by atoms with van der Waals surface area (Å²) < 4.78 is 193. The number of para-hydroxylation sites is 2. The molecule has 0 saturated heterocycles. The molecule has 5 heteroatoms. The Balaban J connectivity index is 1.48. The summed E-state index contributed by atoms with van der Waals surface area (Å²) in [5, 5.41) is 0.256. The minimum absolute atomic E-state index is 0.0545. The number of hydrogen-bond acceptors (Lipinski definition) is 4. The third-order valence-corrected chi connectivity index (χ3v) is 15.2. The Morgan fingerprint density at radius 2 is 1.07 bits per heavy atom. The van der Waals surface area contributed by atoms with E-state index < -0.39 is 142 Å². The zero-order chi connectivity index (χ0) is 66.0. The largest absolute Gasteiger partial charge is 0.311 e. The topological polar surface area (TPSA) is 9.72 Å². The van der Waals surface area contributed by atoms with E-state index in [2.05, 4.69) is 39.8 Å². The highest BCUT2D eigenvalue weighted by atomic mass is 32.1. The first-order valence-corrected chi connectivity index (χ1v) is 24.5. The maximum atomic E-state index is 10.6. The van der Waals surface area contributed by atoms with Crippen molar-refractivity contribution >= 4 is 95.0 Å². The van der Waals surface area contributed by atoms with Crippen molar-refractivity contribution in [1.29, 1.82) is 0 Å². The van der Waals surface area contributed by atoms with Crippen molar-refractivity contribution in [3.63, 3.8) is 0 Å². The molecule has 0 amide bonds. The molecule has 0 radical (unpaired) electrons. The third kappa shape index (κ3) is 7.53. The second-order valence-corrected chi connectivity index (χ2v) is 24.1. The van der Waals surface area contributed by atoms with Crippen LogP contribution in [0.2, 0.25) is 0 Å². The molecule has 11 rings (SSSR count). The van der Waals surface area contributed by atoms with Gasteiger partial charge >= 0.3 is 0 Å². The fraction of sp³-hybridized carbons (Fsp3) is 0.312. The summed E-state index contributed by atoms with van der Waals surface area (Å²) in [5.74, 6) is 0. The summed E-state index contributed by atoms with van der Waals surface area (Å²) in [6.07, 6.45) is 1.65. The van der Waals surface area contributed by atoms with Gasteiger partial charge in [0.15, 0.2) is 0 Å². The lowest BCUT2D eigenvalue weighted by molar-refractivity contribution is 0.332. The van der Waals surface area contributed by atoms with Gasteiger partial charge in [0.2, 0.25) is 0 Å². The van der Waals surface area contributed by atoms with Crippen LogP contribution in [0.1, 0.15) is 158 Å². The Morgan fingerprint density at radius 3 is 1.67 bits per heavy atom. The van der Waals surface area contributed by atoms with Crippen LogP contribution >= 0.6 is 11.3 Å². The summed E-state index contributed by atoms with van der Waals surface area (Å²) >= 11 is 1.13. The highest BCUT2D eigenvalue weighted by Crippen LogP contribution is 2.53. The number of nitrogens with zero attached hydrogens (tertiary/aromatic N) is 3. The number of rotatable bonds is 5. The van der Waals surface area contributed by atoms with Gasteiger partial charge in [-0.3, -0.25) is 0 Å². The van der Waals surface area contributed by atoms with E-state index in [1.54, 1.807) is 26.8 Å². The van der Waals surface area contributed by atoms with Crippen molar-refractivity contribution in [2.24, 2.45) is 0 Å². The Bertz CT molecular complexity index is 4340. The van der Waals surface area contributed by atoms with Gasteiger partial charge in [-0.2, -0.15) is 0 Å². The van der Waals surface area contributed by atoms with Crippen molar-refractivity contribution in [2.45, 2.75) is 130 Å². The summed E-state index contributed by atoms with van der Waals surface area (Å²) in [7, 11) is 0. The summed E-state index contributed by atoms with van der Waals surface area (Å²) in [4.78, 5) is 4.18. The maximum absolute atomic E-state index is 10.6. The van der Waals surface area contributed by atoms with Crippen LogP contribution in [0.15, 0.2) is 151 Å².